The number of piperazine rings is 1. The second-order valence-corrected chi connectivity index (χ2v) is 8.04. The van der Waals surface area contributed by atoms with Crippen LogP contribution in [0.4, 0.5) is 0 Å². The van der Waals surface area contributed by atoms with E-state index < -0.39 is 0 Å². The number of amides is 1. The van der Waals surface area contributed by atoms with Crippen LogP contribution in [0.5, 0.6) is 0 Å². The lowest BCUT2D eigenvalue weighted by atomic mass is 10.0. The van der Waals surface area contributed by atoms with Crippen LogP contribution in [0.15, 0.2) is 0 Å². The minimum atomic E-state index is 0. The van der Waals surface area contributed by atoms with Gasteiger partial charge in [-0.1, -0.05) is 13.8 Å². The van der Waals surface area contributed by atoms with Crippen LogP contribution in [-0.4, -0.2) is 84.5 Å². The normalized spacial score (nSPS) is 33.0. The van der Waals surface area contributed by atoms with Gasteiger partial charge in [0.15, 0.2) is 0 Å². The van der Waals surface area contributed by atoms with Crippen molar-refractivity contribution < 1.29 is 6.22 Å². The third kappa shape index (κ3) is 4.12. The molecule has 1 saturated carbocycles. The molecule has 1 aliphatic carbocycles. The van der Waals surface area contributed by atoms with Gasteiger partial charge in [-0.25, -0.2) is 0 Å². The second-order valence-electron chi connectivity index (χ2n) is 8.04. The van der Waals surface area contributed by atoms with Crippen LogP contribution >= 0.6 is 0 Å². The fourth-order valence-electron chi connectivity index (χ4n) is 4.76. The average molecular weight is 339 g/mol. The molecule has 2 bridgehead atoms. The van der Waals surface area contributed by atoms with Gasteiger partial charge in [-0.15, -0.1) is 0 Å². The second kappa shape index (κ2) is 8.15. The van der Waals surface area contributed by atoms with Gasteiger partial charge in [0.05, 0.1) is 0 Å². The summed E-state index contributed by atoms with van der Waals surface area (Å²) in [5.41, 5.74) is 0. The summed E-state index contributed by atoms with van der Waals surface area (Å²) < 4.78 is 0. The fraction of sp³-hybridized carbons (Fsp3) is 0.947. The third-order valence-corrected chi connectivity index (χ3v) is 6.65. The van der Waals surface area contributed by atoms with E-state index in [1.165, 1.54) is 58.7 Å². The van der Waals surface area contributed by atoms with Gasteiger partial charge in [0, 0.05) is 71.8 Å². The number of fused-ring (bicyclic) bond motifs is 2. The lowest BCUT2D eigenvalue weighted by Gasteiger charge is -2.39. The highest BCUT2D eigenvalue weighted by Crippen LogP contribution is 2.37. The largest absolute Gasteiger partial charge is 0.353 e. The van der Waals surface area contributed by atoms with E-state index in [0.717, 1.165) is 12.5 Å². The van der Waals surface area contributed by atoms with Crippen molar-refractivity contribution in [2.75, 3.05) is 45.8 Å². The van der Waals surface area contributed by atoms with Gasteiger partial charge in [-0.05, 0) is 32.1 Å². The molecule has 0 aromatic rings. The van der Waals surface area contributed by atoms with Crippen LogP contribution in [0.25, 0.3) is 0 Å². The van der Waals surface area contributed by atoms with E-state index >= 15 is 0 Å². The average Bonchev–Trinajstić information content (AvgIpc) is 3.19. The summed E-state index contributed by atoms with van der Waals surface area (Å²) in [6, 6.07) is 1.88. The van der Waals surface area contributed by atoms with Gasteiger partial charge in [0.1, 0.15) is 0 Å². The summed E-state index contributed by atoms with van der Waals surface area (Å²) in [6.07, 6.45) is 4.32. The Hall–Kier alpha value is -0.650. The van der Waals surface area contributed by atoms with Crippen molar-refractivity contribution in [2.24, 2.45) is 5.92 Å². The van der Waals surface area contributed by atoms with Gasteiger partial charge in [-0.3, -0.25) is 19.5 Å². The molecule has 1 N–H and O–H groups in total. The van der Waals surface area contributed by atoms with Gasteiger partial charge in [0.25, 0.3) is 0 Å². The monoisotopic (exact) mass is 338 g/mol. The topological polar surface area (TPSA) is 38.8 Å². The first-order valence-corrected chi connectivity index (χ1v) is 10.1. The standard InChI is InChI=1S/C19H36N4O.H2/c1-4-15(3)22-9-6-21(7-10-22)8-11-23-14-16-12-17(23)13-18(16)20-19(24)5-2;/h15-18H,4-14H2,1-3H3,(H,20,24);1H. The van der Waals surface area contributed by atoms with E-state index in [2.05, 4.69) is 33.9 Å². The lowest BCUT2D eigenvalue weighted by Crippen LogP contribution is -2.52. The summed E-state index contributed by atoms with van der Waals surface area (Å²) in [7, 11) is 0. The van der Waals surface area contributed by atoms with E-state index in [1.807, 2.05) is 6.92 Å². The molecule has 24 heavy (non-hydrogen) atoms. The van der Waals surface area contributed by atoms with E-state index in [-0.39, 0.29) is 7.33 Å². The van der Waals surface area contributed by atoms with Crippen LogP contribution < -0.4 is 5.32 Å². The van der Waals surface area contributed by atoms with Gasteiger partial charge < -0.3 is 5.32 Å². The van der Waals surface area contributed by atoms with Crippen molar-refractivity contribution >= 4 is 5.91 Å². The first-order valence-electron chi connectivity index (χ1n) is 10.1. The van der Waals surface area contributed by atoms with Crippen molar-refractivity contribution in [1.82, 2.24) is 20.0 Å². The zero-order valence-electron chi connectivity index (χ0n) is 15.8. The Morgan fingerprint density at radius 3 is 2.50 bits per heavy atom. The van der Waals surface area contributed by atoms with Crippen molar-refractivity contribution in [1.29, 1.82) is 0 Å². The zero-order chi connectivity index (χ0) is 17.1. The lowest BCUT2D eigenvalue weighted by molar-refractivity contribution is -0.121. The SMILES string of the molecule is CCC(=O)NC1CC2CC1CN2CCN1CCN(C(C)CC)CC1.[HH]. The zero-order valence-corrected chi connectivity index (χ0v) is 15.8. The molecule has 0 aromatic carbocycles. The molecular formula is C19H38N4O. The van der Waals surface area contributed by atoms with E-state index in [4.69, 9.17) is 0 Å². The van der Waals surface area contributed by atoms with E-state index in [1.54, 1.807) is 0 Å². The Labute approximate surface area is 149 Å². The van der Waals surface area contributed by atoms with Gasteiger partial charge in [-0.2, -0.15) is 0 Å². The predicted octanol–water partition coefficient (Wildman–Crippen LogP) is 1.64. The molecule has 5 heteroatoms. The van der Waals surface area contributed by atoms with Crippen molar-refractivity contribution in [3.8, 4) is 0 Å². The highest BCUT2D eigenvalue weighted by Gasteiger charge is 2.44. The van der Waals surface area contributed by atoms with E-state index in [9.17, 15) is 4.79 Å². The number of rotatable bonds is 7. The Kier molecular flexibility index (Phi) is 6.17. The fourth-order valence-corrected chi connectivity index (χ4v) is 4.76. The summed E-state index contributed by atoms with van der Waals surface area (Å²) in [5.74, 6) is 0.908. The molecule has 3 aliphatic rings. The molecule has 2 saturated heterocycles. The molecule has 140 valence electrons. The molecule has 0 spiro atoms. The number of carbonyl (C=O) groups is 1. The number of likely N-dealkylation sites (tertiary alicyclic amines) is 1. The minimum Gasteiger partial charge on any atom is -0.353 e. The summed E-state index contributed by atoms with van der Waals surface area (Å²) >= 11 is 0. The molecule has 5 nitrogen and oxygen atoms in total. The quantitative estimate of drug-likeness (QED) is 0.766. The molecule has 4 unspecified atom stereocenters. The molecule has 3 rings (SSSR count). The third-order valence-electron chi connectivity index (χ3n) is 6.65. The maximum Gasteiger partial charge on any atom is 0.219 e. The number of hydrogen-bond acceptors (Lipinski definition) is 4. The first kappa shape index (κ1) is 18.2. The molecule has 3 fully saturated rings. The van der Waals surface area contributed by atoms with Crippen LogP contribution in [0.2, 0.25) is 0 Å². The molecule has 1 amide bonds. The van der Waals surface area contributed by atoms with Crippen LogP contribution in [0.3, 0.4) is 0 Å². The molecule has 0 aromatic heterocycles. The Morgan fingerprint density at radius 2 is 1.92 bits per heavy atom. The number of nitrogens with one attached hydrogen (secondary N) is 1. The van der Waals surface area contributed by atoms with Crippen molar-refractivity contribution in [2.45, 2.75) is 64.6 Å². The van der Waals surface area contributed by atoms with Crippen molar-refractivity contribution in [3.63, 3.8) is 0 Å². The first-order chi connectivity index (χ1) is 11.6. The summed E-state index contributed by atoms with van der Waals surface area (Å²) in [4.78, 5) is 19.6. The van der Waals surface area contributed by atoms with Gasteiger partial charge in [0.2, 0.25) is 5.91 Å². The van der Waals surface area contributed by atoms with Crippen LogP contribution in [0.1, 0.15) is 47.9 Å². The number of hydrogen-bond donors (Lipinski definition) is 1. The van der Waals surface area contributed by atoms with Crippen LogP contribution in [-0.2, 0) is 4.79 Å². The smallest absolute Gasteiger partial charge is 0.219 e. The summed E-state index contributed by atoms with van der Waals surface area (Å²) in [6.45, 7) is 15.1. The highest BCUT2D eigenvalue weighted by molar-refractivity contribution is 5.75. The highest BCUT2D eigenvalue weighted by atomic mass is 16.1. The number of nitrogens with zero attached hydrogens (tertiary/aromatic N) is 3. The number of carbonyl (C=O) groups excluding carboxylic acids is 1. The summed E-state index contributed by atoms with van der Waals surface area (Å²) in [5, 5.41) is 3.23. The Bertz CT molecular complexity index is 428. The molecular weight excluding hydrogens is 300 g/mol. The Balaban J connectivity index is 0.00000225. The maximum atomic E-state index is 11.6. The Morgan fingerprint density at radius 1 is 1.17 bits per heavy atom. The molecule has 2 heterocycles. The van der Waals surface area contributed by atoms with Gasteiger partial charge >= 0.3 is 0 Å². The minimum absolute atomic E-state index is 0. The van der Waals surface area contributed by atoms with E-state index in [0.29, 0.717) is 24.4 Å². The predicted molar refractivity (Wildman–Crippen MR) is 100 cm³/mol. The molecule has 2 aliphatic heterocycles. The molecule has 4 atom stereocenters. The maximum absolute atomic E-state index is 11.6. The van der Waals surface area contributed by atoms with Crippen LogP contribution in [0, 0.1) is 5.92 Å². The molecule has 0 radical (unpaired) electrons. The van der Waals surface area contributed by atoms with Crippen molar-refractivity contribution in [3.05, 3.63) is 0 Å². The number of piperidine rings is 1.